The minimum atomic E-state index is -3.40. The first kappa shape index (κ1) is 14.9. The van der Waals surface area contributed by atoms with Crippen molar-refractivity contribution in [3.05, 3.63) is 17.0 Å². The van der Waals surface area contributed by atoms with Gasteiger partial charge in [-0.05, 0) is 44.4 Å². The third-order valence-electron chi connectivity index (χ3n) is 3.49. The SMILES string of the molecule is CC(O)C1CCN(S(=O)(=O)c2ccc(CCN)s2)C1. The highest BCUT2D eigenvalue weighted by molar-refractivity contribution is 7.91. The van der Waals surface area contributed by atoms with Gasteiger partial charge in [0.2, 0.25) is 0 Å². The highest BCUT2D eigenvalue weighted by Crippen LogP contribution is 2.30. The van der Waals surface area contributed by atoms with Crippen molar-refractivity contribution in [2.75, 3.05) is 19.6 Å². The molecule has 108 valence electrons. The Labute approximate surface area is 118 Å². The number of aliphatic hydroxyl groups is 1. The highest BCUT2D eigenvalue weighted by Gasteiger charge is 2.35. The largest absolute Gasteiger partial charge is 0.393 e. The molecule has 0 amide bonds. The van der Waals surface area contributed by atoms with Crippen LogP contribution in [0.4, 0.5) is 0 Å². The van der Waals surface area contributed by atoms with Crippen molar-refractivity contribution in [3.63, 3.8) is 0 Å². The summed E-state index contributed by atoms with van der Waals surface area (Å²) in [5.74, 6) is 0.0400. The zero-order valence-corrected chi connectivity index (χ0v) is 12.6. The average Bonchev–Trinajstić information content (AvgIpc) is 2.98. The Balaban J connectivity index is 2.14. The fourth-order valence-corrected chi connectivity index (χ4v) is 5.30. The fraction of sp³-hybridized carbons (Fsp3) is 0.667. The van der Waals surface area contributed by atoms with Gasteiger partial charge in [0.15, 0.2) is 0 Å². The Kier molecular flexibility index (Phi) is 4.62. The van der Waals surface area contributed by atoms with E-state index in [9.17, 15) is 13.5 Å². The Bertz CT molecular complexity index is 525. The van der Waals surface area contributed by atoms with Gasteiger partial charge < -0.3 is 10.8 Å². The summed E-state index contributed by atoms with van der Waals surface area (Å²) in [5.41, 5.74) is 5.47. The lowest BCUT2D eigenvalue weighted by atomic mass is 10.0. The number of rotatable bonds is 5. The summed E-state index contributed by atoms with van der Waals surface area (Å²) in [7, 11) is -3.40. The van der Waals surface area contributed by atoms with Gasteiger partial charge in [-0.1, -0.05) is 0 Å². The number of hydrogen-bond acceptors (Lipinski definition) is 5. The molecule has 1 fully saturated rings. The summed E-state index contributed by atoms with van der Waals surface area (Å²) in [6.45, 7) is 3.13. The van der Waals surface area contributed by atoms with Crippen LogP contribution < -0.4 is 5.73 Å². The van der Waals surface area contributed by atoms with E-state index in [1.54, 1.807) is 13.0 Å². The number of sulfonamides is 1. The third kappa shape index (κ3) is 3.17. The lowest BCUT2D eigenvalue weighted by Crippen LogP contribution is -2.30. The maximum Gasteiger partial charge on any atom is 0.252 e. The van der Waals surface area contributed by atoms with Gasteiger partial charge in [-0.15, -0.1) is 11.3 Å². The first-order valence-corrected chi connectivity index (χ1v) is 8.68. The van der Waals surface area contributed by atoms with E-state index in [2.05, 4.69) is 0 Å². The van der Waals surface area contributed by atoms with Crippen molar-refractivity contribution in [2.45, 2.75) is 30.1 Å². The summed E-state index contributed by atoms with van der Waals surface area (Å²) in [6, 6.07) is 3.48. The molecule has 1 aromatic heterocycles. The number of hydrogen-bond donors (Lipinski definition) is 2. The molecule has 0 saturated carbocycles. The van der Waals surface area contributed by atoms with Gasteiger partial charge in [0.25, 0.3) is 10.0 Å². The second-order valence-corrected chi connectivity index (χ2v) is 8.24. The van der Waals surface area contributed by atoms with Crippen molar-refractivity contribution in [2.24, 2.45) is 11.7 Å². The van der Waals surface area contributed by atoms with E-state index in [4.69, 9.17) is 5.73 Å². The van der Waals surface area contributed by atoms with Crippen molar-refractivity contribution in [1.29, 1.82) is 0 Å². The number of nitrogens with zero attached hydrogens (tertiary/aromatic N) is 1. The molecule has 2 unspecified atom stereocenters. The third-order valence-corrected chi connectivity index (χ3v) is 6.97. The van der Waals surface area contributed by atoms with Crippen LogP contribution in [0, 0.1) is 5.92 Å². The van der Waals surface area contributed by atoms with Crippen LogP contribution in [0.1, 0.15) is 18.2 Å². The lowest BCUT2D eigenvalue weighted by Gasteiger charge is -2.16. The predicted octanol–water partition coefficient (Wildman–Crippen LogP) is 0.641. The van der Waals surface area contributed by atoms with Crippen LogP contribution >= 0.6 is 11.3 Å². The summed E-state index contributed by atoms with van der Waals surface area (Å²) < 4.78 is 26.7. The van der Waals surface area contributed by atoms with E-state index in [1.165, 1.54) is 15.6 Å². The monoisotopic (exact) mass is 304 g/mol. The Hall–Kier alpha value is -0.470. The van der Waals surface area contributed by atoms with E-state index in [1.807, 2.05) is 6.07 Å². The molecule has 2 atom stereocenters. The lowest BCUT2D eigenvalue weighted by molar-refractivity contribution is 0.133. The molecule has 2 rings (SSSR count). The molecule has 19 heavy (non-hydrogen) atoms. The Morgan fingerprint density at radius 2 is 2.32 bits per heavy atom. The second kappa shape index (κ2) is 5.88. The Morgan fingerprint density at radius 1 is 1.58 bits per heavy atom. The maximum atomic E-state index is 12.4. The van der Waals surface area contributed by atoms with Crippen LogP contribution in [0.3, 0.4) is 0 Å². The second-order valence-electron chi connectivity index (χ2n) is 4.91. The van der Waals surface area contributed by atoms with Crippen molar-refractivity contribution < 1.29 is 13.5 Å². The first-order chi connectivity index (χ1) is 8.95. The van der Waals surface area contributed by atoms with E-state index >= 15 is 0 Å². The average molecular weight is 304 g/mol. The van der Waals surface area contributed by atoms with Crippen molar-refractivity contribution in [3.8, 4) is 0 Å². The maximum absolute atomic E-state index is 12.4. The molecule has 1 aliphatic heterocycles. The molecule has 1 aliphatic rings. The molecule has 0 spiro atoms. The number of thiophene rings is 1. The molecule has 1 saturated heterocycles. The van der Waals surface area contributed by atoms with Gasteiger partial charge in [-0.3, -0.25) is 0 Å². The van der Waals surface area contributed by atoms with Gasteiger partial charge >= 0.3 is 0 Å². The zero-order chi connectivity index (χ0) is 14.0. The summed E-state index contributed by atoms with van der Waals surface area (Å²) in [6.07, 6.45) is 0.963. The fourth-order valence-electron chi connectivity index (χ4n) is 2.27. The van der Waals surface area contributed by atoms with Gasteiger partial charge in [0, 0.05) is 18.0 Å². The van der Waals surface area contributed by atoms with E-state index in [-0.39, 0.29) is 5.92 Å². The van der Waals surface area contributed by atoms with Crippen molar-refractivity contribution in [1.82, 2.24) is 4.31 Å². The molecule has 0 bridgehead atoms. The molecular formula is C12H20N2O3S2. The Morgan fingerprint density at radius 3 is 2.89 bits per heavy atom. The summed E-state index contributed by atoms with van der Waals surface area (Å²) >= 11 is 1.29. The van der Waals surface area contributed by atoms with Gasteiger partial charge in [0.05, 0.1) is 6.10 Å². The van der Waals surface area contributed by atoms with E-state index in [0.717, 1.165) is 11.3 Å². The minimum absolute atomic E-state index is 0.0400. The van der Waals surface area contributed by atoms with Crippen LogP contribution in [0.15, 0.2) is 16.3 Å². The summed E-state index contributed by atoms with van der Waals surface area (Å²) in [5, 5.41) is 9.55. The molecule has 2 heterocycles. The number of nitrogens with two attached hydrogens (primary N) is 1. The molecule has 0 radical (unpaired) electrons. The summed E-state index contributed by atoms with van der Waals surface area (Å²) in [4.78, 5) is 0.993. The van der Waals surface area contributed by atoms with Crippen LogP contribution in [0.25, 0.3) is 0 Å². The number of aliphatic hydroxyl groups excluding tert-OH is 1. The van der Waals surface area contributed by atoms with Crippen LogP contribution in [0.2, 0.25) is 0 Å². The van der Waals surface area contributed by atoms with Crippen LogP contribution in [0.5, 0.6) is 0 Å². The van der Waals surface area contributed by atoms with Gasteiger partial charge in [0.1, 0.15) is 4.21 Å². The van der Waals surface area contributed by atoms with E-state index < -0.39 is 16.1 Å². The van der Waals surface area contributed by atoms with Crippen molar-refractivity contribution >= 4 is 21.4 Å². The van der Waals surface area contributed by atoms with Gasteiger partial charge in [-0.25, -0.2) is 8.42 Å². The molecule has 1 aromatic rings. The van der Waals surface area contributed by atoms with E-state index in [0.29, 0.717) is 30.3 Å². The first-order valence-electron chi connectivity index (χ1n) is 6.42. The van der Waals surface area contributed by atoms with Crippen LogP contribution in [-0.4, -0.2) is 43.6 Å². The molecule has 3 N–H and O–H groups in total. The smallest absolute Gasteiger partial charge is 0.252 e. The topological polar surface area (TPSA) is 83.6 Å². The molecule has 0 aromatic carbocycles. The normalized spacial score (nSPS) is 22.8. The predicted molar refractivity (Wildman–Crippen MR) is 75.6 cm³/mol. The molecular weight excluding hydrogens is 284 g/mol. The standard InChI is InChI=1S/C12H20N2O3S2/c1-9(15)10-5-7-14(8-10)19(16,17)12-3-2-11(18-12)4-6-13/h2-3,9-10,15H,4-8,13H2,1H3. The zero-order valence-electron chi connectivity index (χ0n) is 10.9. The molecule has 5 nitrogen and oxygen atoms in total. The van der Waals surface area contributed by atoms with Gasteiger partial charge in [-0.2, -0.15) is 4.31 Å². The van der Waals surface area contributed by atoms with Crippen LogP contribution in [-0.2, 0) is 16.4 Å². The highest BCUT2D eigenvalue weighted by atomic mass is 32.2. The molecule has 0 aliphatic carbocycles. The quantitative estimate of drug-likeness (QED) is 0.836. The minimum Gasteiger partial charge on any atom is -0.393 e. The molecule has 7 heteroatoms.